The Kier molecular flexibility index (Phi) is 6.61. The molecule has 0 aliphatic carbocycles. The molecule has 1 aliphatic heterocycles. The number of hydrogen-bond donors (Lipinski definition) is 1. The Morgan fingerprint density at radius 3 is 2.67 bits per heavy atom. The zero-order valence-corrected chi connectivity index (χ0v) is 14.3. The number of carbonyl (C=O) groups excluding carboxylic acids is 3. The van der Waals surface area contributed by atoms with E-state index in [2.05, 4.69) is 10.1 Å². The van der Waals surface area contributed by atoms with Crippen LogP contribution in [0.15, 0.2) is 24.3 Å². The summed E-state index contributed by atoms with van der Waals surface area (Å²) in [7, 11) is 1.35. The van der Waals surface area contributed by atoms with Crippen LogP contribution in [0.3, 0.4) is 0 Å². The molecule has 1 heterocycles. The van der Waals surface area contributed by atoms with Gasteiger partial charge in [0, 0.05) is 36.6 Å². The van der Waals surface area contributed by atoms with E-state index in [-0.39, 0.29) is 30.1 Å². The molecule has 0 spiro atoms. The Bertz CT molecular complexity index is 603. The minimum atomic E-state index is -0.353. The minimum Gasteiger partial charge on any atom is -0.469 e. The van der Waals surface area contributed by atoms with Crippen LogP contribution in [0, 0.1) is 5.92 Å². The van der Waals surface area contributed by atoms with Gasteiger partial charge in [0.15, 0.2) is 0 Å². The van der Waals surface area contributed by atoms with Crippen LogP contribution in [0.1, 0.15) is 25.7 Å². The summed E-state index contributed by atoms with van der Waals surface area (Å²) < 4.78 is 4.55. The highest BCUT2D eigenvalue weighted by atomic mass is 35.5. The number of halogens is 1. The Hall–Kier alpha value is -2.08. The number of unbranched alkanes of at least 4 members (excludes halogenated alkanes) is 1. The van der Waals surface area contributed by atoms with Gasteiger partial charge in [-0.3, -0.25) is 14.4 Å². The smallest absolute Gasteiger partial charge is 0.305 e. The number of benzene rings is 1. The second kappa shape index (κ2) is 8.68. The number of carbonyl (C=O) groups is 3. The van der Waals surface area contributed by atoms with Crippen molar-refractivity contribution in [3.05, 3.63) is 29.3 Å². The fourth-order valence-corrected chi connectivity index (χ4v) is 2.73. The normalized spacial score (nSPS) is 17.0. The third-order valence-electron chi connectivity index (χ3n) is 3.97. The van der Waals surface area contributed by atoms with Crippen LogP contribution in [0.25, 0.3) is 0 Å². The summed E-state index contributed by atoms with van der Waals surface area (Å²) >= 11 is 5.85. The van der Waals surface area contributed by atoms with E-state index >= 15 is 0 Å². The van der Waals surface area contributed by atoms with E-state index in [0.29, 0.717) is 37.4 Å². The van der Waals surface area contributed by atoms with Crippen molar-refractivity contribution >= 4 is 35.1 Å². The van der Waals surface area contributed by atoms with Gasteiger partial charge in [-0.2, -0.15) is 0 Å². The van der Waals surface area contributed by atoms with Gasteiger partial charge in [-0.15, -0.1) is 0 Å². The van der Waals surface area contributed by atoms with E-state index in [1.165, 1.54) is 7.11 Å². The van der Waals surface area contributed by atoms with Crippen LogP contribution < -0.4 is 10.2 Å². The van der Waals surface area contributed by atoms with Gasteiger partial charge in [-0.1, -0.05) is 11.6 Å². The predicted octanol–water partition coefficient (Wildman–Crippen LogP) is 2.15. The van der Waals surface area contributed by atoms with Crippen LogP contribution in [0.4, 0.5) is 5.69 Å². The molecule has 2 amide bonds. The van der Waals surface area contributed by atoms with Gasteiger partial charge in [0.1, 0.15) is 0 Å². The molecule has 24 heavy (non-hydrogen) atoms. The van der Waals surface area contributed by atoms with Crippen LogP contribution in [-0.4, -0.2) is 38.0 Å². The molecule has 6 nitrogen and oxygen atoms in total. The first-order valence-electron chi connectivity index (χ1n) is 7.91. The first-order chi connectivity index (χ1) is 11.5. The average Bonchev–Trinajstić information content (AvgIpc) is 2.96. The fourth-order valence-electron chi connectivity index (χ4n) is 2.61. The molecule has 1 fully saturated rings. The molecule has 0 radical (unpaired) electrons. The zero-order chi connectivity index (χ0) is 17.5. The summed E-state index contributed by atoms with van der Waals surface area (Å²) in [6.07, 6.45) is 1.91. The lowest BCUT2D eigenvalue weighted by molar-refractivity contribution is -0.140. The van der Waals surface area contributed by atoms with Gasteiger partial charge < -0.3 is 15.0 Å². The molecule has 130 valence electrons. The maximum atomic E-state index is 12.2. The van der Waals surface area contributed by atoms with Crippen molar-refractivity contribution in [3.63, 3.8) is 0 Å². The Labute approximate surface area is 146 Å². The fraction of sp³-hybridized carbons (Fsp3) is 0.471. The van der Waals surface area contributed by atoms with Crippen molar-refractivity contribution in [2.45, 2.75) is 25.7 Å². The van der Waals surface area contributed by atoms with Crippen molar-refractivity contribution in [3.8, 4) is 0 Å². The number of esters is 1. The second-order valence-corrected chi connectivity index (χ2v) is 6.14. The highest BCUT2D eigenvalue weighted by molar-refractivity contribution is 6.30. The molecule has 0 bridgehead atoms. The molecular weight excluding hydrogens is 332 g/mol. The largest absolute Gasteiger partial charge is 0.469 e. The number of anilines is 1. The zero-order valence-electron chi connectivity index (χ0n) is 13.6. The van der Waals surface area contributed by atoms with Crippen LogP contribution >= 0.6 is 11.6 Å². The average molecular weight is 353 g/mol. The van der Waals surface area contributed by atoms with E-state index in [9.17, 15) is 14.4 Å². The van der Waals surface area contributed by atoms with E-state index in [1.54, 1.807) is 29.2 Å². The lowest BCUT2D eigenvalue weighted by Crippen LogP contribution is -2.33. The summed E-state index contributed by atoms with van der Waals surface area (Å²) in [6.45, 7) is 0.857. The van der Waals surface area contributed by atoms with Crippen LogP contribution in [0.5, 0.6) is 0 Å². The summed E-state index contributed by atoms with van der Waals surface area (Å²) in [4.78, 5) is 36.9. The molecule has 0 saturated carbocycles. The second-order valence-electron chi connectivity index (χ2n) is 5.71. The minimum absolute atomic E-state index is 0.0665. The van der Waals surface area contributed by atoms with Gasteiger partial charge in [-0.25, -0.2) is 0 Å². The SMILES string of the molecule is COC(=O)CCCCNC(=O)C1CC(=O)N(c2ccc(Cl)cc2)C1. The molecule has 1 aliphatic rings. The number of amides is 2. The molecular formula is C17H21ClN2O4. The highest BCUT2D eigenvalue weighted by Crippen LogP contribution is 2.26. The van der Waals surface area contributed by atoms with E-state index in [1.807, 2.05) is 0 Å². The van der Waals surface area contributed by atoms with Crippen LogP contribution in [0.2, 0.25) is 5.02 Å². The number of nitrogens with one attached hydrogen (secondary N) is 1. The number of hydrogen-bond acceptors (Lipinski definition) is 4. The molecule has 1 N–H and O–H groups in total. The van der Waals surface area contributed by atoms with Crippen molar-refractivity contribution in [2.24, 2.45) is 5.92 Å². The third-order valence-corrected chi connectivity index (χ3v) is 4.22. The molecule has 1 saturated heterocycles. The maximum absolute atomic E-state index is 12.2. The third kappa shape index (κ3) is 4.96. The Morgan fingerprint density at radius 1 is 1.29 bits per heavy atom. The molecule has 1 unspecified atom stereocenters. The standard InChI is InChI=1S/C17H21ClN2O4/c1-24-16(22)4-2-3-9-19-17(23)12-10-15(21)20(11-12)14-7-5-13(18)6-8-14/h5-8,12H,2-4,9-11H2,1H3,(H,19,23). The number of rotatable bonds is 7. The molecule has 2 rings (SSSR count). The summed E-state index contributed by atoms with van der Waals surface area (Å²) in [5.74, 6) is -0.795. The highest BCUT2D eigenvalue weighted by Gasteiger charge is 2.34. The Morgan fingerprint density at radius 2 is 2.00 bits per heavy atom. The van der Waals surface area contributed by atoms with Gasteiger partial charge >= 0.3 is 5.97 Å². The molecule has 1 aromatic carbocycles. The van der Waals surface area contributed by atoms with Gasteiger partial charge in [-0.05, 0) is 37.1 Å². The van der Waals surface area contributed by atoms with Crippen molar-refractivity contribution in [1.29, 1.82) is 0 Å². The monoisotopic (exact) mass is 352 g/mol. The first-order valence-corrected chi connectivity index (χ1v) is 8.29. The van der Waals surface area contributed by atoms with E-state index < -0.39 is 0 Å². The van der Waals surface area contributed by atoms with Crippen molar-refractivity contribution in [1.82, 2.24) is 5.32 Å². The van der Waals surface area contributed by atoms with Crippen molar-refractivity contribution in [2.75, 3.05) is 25.1 Å². The number of methoxy groups -OCH3 is 1. The first kappa shape index (κ1) is 18.3. The molecule has 1 aromatic rings. The van der Waals surface area contributed by atoms with Gasteiger partial charge in [0.05, 0.1) is 13.0 Å². The summed E-state index contributed by atoms with van der Waals surface area (Å²) in [5, 5.41) is 3.43. The maximum Gasteiger partial charge on any atom is 0.305 e. The molecule has 1 atom stereocenters. The van der Waals surface area contributed by atoms with E-state index in [0.717, 1.165) is 5.69 Å². The summed E-state index contributed by atoms with van der Waals surface area (Å²) in [5.41, 5.74) is 0.748. The van der Waals surface area contributed by atoms with E-state index in [4.69, 9.17) is 11.6 Å². The summed E-state index contributed by atoms with van der Waals surface area (Å²) in [6, 6.07) is 6.98. The van der Waals surface area contributed by atoms with Gasteiger partial charge in [0.25, 0.3) is 0 Å². The van der Waals surface area contributed by atoms with Crippen molar-refractivity contribution < 1.29 is 19.1 Å². The predicted molar refractivity (Wildman–Crippen MR) is 90.8 cm³/mol. The Balaban J connectivity index is 1.77. The topological polar surface area (TPSA) is 75.7 Å². The lowest BCUT2D eigenvalue weighted by Gasteiger charge is -2.16. The quantitative estimate of drug-likeness (QED) is 0.602. The van der Waals surface area contributed by atoms with Crippen LogP contribution in [-0.2, 0) is 19.1 Å². The molecule has 0 aromatic heterocycles. The number of ether oxygens (including phenoxy) is 1. The number of nitrogens with zero attached hydrogens (tertiary/aromatic N) is 1. The molecule has 7 heteroatoms. The lowest BCUT2D eigenvalue weighted by atomic mass is 10.1. The van der Waals surface area contributed by atoms with Gasteiger partial charge in [0.2, 0.25) is 11.8 Å².